The summed E-state index contributed by atoms with van der Waals surface area (Å²) in [5, 5.41) is 13.7. The van der Waals surface area contributed by atoms with E-state index in [1.165, 1.54) is 6.42 Å². The molecule has 1 saturated carbocycles. The summed E-state index contributed by atoms with van der Waals surface area (Å²) in [5.41, 5.74) is 1.43. The SMILES string of the molecule is O=C(NCC1(CO)CCCCC1)c1cc2ccccc2[nH]1. The van der Waals surface area contributed by atoms with Gasteiger partial charge in [-0.3, -0.25) is 4.79 Å². The van der Waals surface area contributed by atoms with E-state index in [9.17, 15) is 9.90 Å². The molecule has 2 aromatic rings. The maximum absolute atomic E-state index is 12.3. The van der Waals surface area contributed by atoms with E-state index >= 15 is 0 Å². The largest absolute Gasteiger partial charge is 0.396 e. The highest BCUT2D eigenvalue weighted by Crippen LogP contribution is 2.35. The van der Waals surface area contributed by atoms with Gasteiger partial charge in [0.05, 0.1) is 6.61 Å². The van der Waals surface area contributed by atoms with Crippen LogP contribution in [0.3, 0.4) is 0 Å². The van der Waals surface area contributed by atoms with Gasteiger partial charge in [-0.25, -0.2) is 0 Å². The zero-order chi connectivity index (χ0) is 14.7. The molecule has 0 spiro atoms. The van der Waals surface area contributed by atoms with Gasteiger partial charge in [-0.1, -0.05) is 37.5 Å². The Hall–Kier alpha value is -1.81. The summed E-state index contributed by atoms with van der Waals surface area (Å²) in [6.45, 7) is 0.706. The minimum atomic E-state index is -0.125. The molecule has 3 rings (SSSR count). The number of hydrogen-bond donors (Lipinski definition) is 3. The van der Waals surface area contributed by atoms with Gasteiger partial charge < -0.3 is 15.4 Å². The summed E-state index contributed by atoms with van der Waals surface area (Å²) in [6.07, 6.45) is 5.51. The Labute approximate surface area is 124 Å². The highest BCUT2D eigenvalue weighted by molar-refractivity contribution is 5.97. The average Bonchev–Trinajstić information content (AvgIpc) is 2.97. The Kier molecular flexibility index (Phi) is 3.97. The number of aliphatic hydroxyl groups excluding tert-OH is 1. The van der Waals surface area contributed by atoms with Crippen LogP contribution in [0.5, 0.6) is 0 Å². The fraction of sp³-hybridized carbons (Fsp3) is 0.471. The van der Waals surface area contributed by atoms with E-state index < -0.39 is 0 Å². The van der Waals surface area contributed by atoms with Crippen molar-refractivity contribution >= 4 is 16.8 Å². The monoisotopic (exact) mass is 286 g/mol. The lowest BCUT2D eigenvalue weighted by Crippen LogP contribution is -2.41. The molecule has 0 radical (unpaired) electrons. The van der Waals surface area contributed by atoms with Gasteiger partial charge in [0.25, 0.3) is 5.91 Å². The summed E-state index contributed by atoms with van der Waals surface area (Å²) >= 11 is 0. The molecule has 0 unspecified atom stereocenters. The molecule has 3 N–H and O–H groups in total. The van der Waals surface area contributed by atoms with E-state index in [2.05, 4.69) is 10.3 Å². The van der Waals surface area contributed by atoms with Crippen LogP contribution >= 0.6 is 0 Å². The van der Waals surface area contributed by atoms with Crippen molar-refractivity contribution in [3.63, 3.8) is 0 Å². The quantitative estimate of drug-likeness (QED) is 0.809. The summed E-state index contributed by atoms with van der Waals surface area (Å²) < 4.78 is 0. The molecule has 0 saturated heterocycles. The second-order valence-corrected chi connectivity index (χ2v) is 6.17. The number of nitrogens with one attached hydrogen (secondary N) is 2. The lowest BCUT2D eigenvalue weighted by molar-refractivity contribution is 0.0716. The summed E-state index contributed by atoms with van der Waals surface area (Å²) in [6, 6.07) is 9.72. The normalized spacial score (nSPS) is 17.8. The number of amides is 1. The molecule has 1 aromatic heterocycles. The molecule has 0 aliphatic heterocycles. The number of fused-ring (bicyclic) bond motifs is 1. The third kappa shape index (κ3) is 2.95. The van der Waals surface area contributed by atoms with Crippen LogP contribution in [0.2, 0.25) is 0 Å². The average molecular weight is 286 g/mol. The van der Waals surface area contributed by atoms with E-state index in [1.807, 2.05) is 30.3 Å². The Balaban J connectivity index is 1.68. The van der Waals surface area contributed by atoms with Gasteiger partial charge in [-0.05, 0) is 25.0 Å². The molecule has 1 amide bonds. The van der Waals surface area contributed by atoms with Gasteiger partial charge >= 0.3 is 0 Å². The van der Waals surface area contributed by atoms with Crippen molar-refractivity contribution < 1.29 is 9.90 Å². The molecular weight excluding hydrogens is 264 g/mol. The van der Waals surface area contributed by atoms with Crippen molar-refractivity contribution in [2.75, 3.05) is 13.2 Å². The molecule has 21 heavy (non-hydrogen) atoms. The van der Waals surface area contributed by atoms with E-state index in [0.717, 1.165) is 36.6 Å². The second kappa shape index (κ2) is 5.90. The fourth-order valence-electron chi connectivity index (χ4n) is 3.25. The molecule has 112 valence electrons. The van der Waals surface area contributed by atoms with Gasteiger partial charge in [0.15, 0.2) is 0 Å². The number of H-pyrrole nitrogens is 1. The van der Waals surface area contributed by atoms with E-state index in [1.54, 1.807) is 0 Å². The van der Waals surface area contributed by atoms with Crippen LogP contribution < -0.4 is 5.32 Å². The van der Waals surface area contributed by atoms with Crippen LogP contribution in [0.1, 0.15) is 42.6 Å². The lowest BCUT2D eigenvalue weighted by Gasteiger charge is -2.35. The molecule has 1 aromatic carbocycles. The van der Waals surface area contributed by atoms with Crippen LogP contribution in [0.15, 0.2) is 30.3 Å². The maximum Gasteiger partial charge on any atom is 0.267 e. The topological polar surface area (TPSA) is 65.1 Å². The van der Waals surface area contributed by atoms with Gasteiger partial charge in [-0.2, -0.15) is 0 Å². The molecule has 0 bridgehead atoms. The number of aromatic nitrogens is 1. The Morgan fingerprint density at radius 2 is 2.00 bits per heavy atom. The number of benzene rings is 1. The number of aromatic amines is 1. The number of hydrogen-bond acceptors (Lipinski definition) is 2. The first-order valence-electron chi connectivity index (χ1n) is 7.69. The van der Waals surface area contributed by atoms with Gasteiger partial charge in [-0.15, -0.1) is 0 Å². The van der Waals surface area contributed by atoms with Crippen molar-refractivity contribution in [3.8, 4) is 0 Å². The highest BCUT2D eigenvalue weighted by Gasteiger charge is 2.31. The van der Waals surface area contributed by atoms with Crippen LogP contribution in [0.25, 0.3) is 10.9 Å². The zero-order valence-electron chi connectivity index (χ0n) is 12.2. The first-order chi connectivity index (χ1) is 10.2. The molecule has 1 heterocycles. The van der Waals surface area contributed by atoms with Crippen LogP contribution in [-0.4, -0.2) is 29.1 Å². The minimum Gasteiger partial charge on any atom is -0.396 e. The highest BCUT2D eigenvalue weighted by atomic mass is 16.3. The number of aliphatic hydroxyl groups is 1. The van der Waals surface area contributed by atoms with Crippen LogP contribution in [-0.2, 0) is 0 Å². The van der Waals surface area contributed by atoms with E-state index in [0.29, 0.717) is 12.2 Å². The van der Waals surface area contributed by atoms with Crippen molar-refractivity contribution in [2.24, 2.45) is 5.41 Å². The Morgan fingerprint density at radius 3 is 2.71 bits per heavy atom. The van der Waals surface area contributed by atoms with Crippen molar-refractivity contribution in [2.45, 2.75) is 32.1 Å². The molecule has 1 aliphatic carbocycles. The predicted octanol–water partition coefficient (Wildman–Crippen LogP) is 2.84. The van der Waals surface area contributed by atoms with E-state index in [4.69, 9.17) is 0 Å². The number of para-hydroxylation sites is 1. The third-order valence-electron chi connectivity index (χ3n) is 4.65. The third-order valence-corrected chi connectivity index (χ3v) is 4.65. The molecular formula is C17H22N2O2. The van der Waals surface area contributed by atoms with Crippen molar-refractivity contribution in [1.29, 1.82) is 0 Å². The second-order valence-electron chi connectivity index (χ2n) is 6.17. The number of carbonyl (C=O) groups excluding carboxylic acids is 1. The van der Waals surface area contributed by atoms with Crippen LogP contribution in [0, 0.1) is 5.41 Å². The first kappa shape index (κ1) is 14.1. The lowest BCUT2D eigenvalue weighted by atomic mass is 9.74. The van der Waals surface area contributed by atoms with Gasteiger partial charge in [0.1, 0.15) is 5.69 Å². The predicted molar refractivity (Wildman–Crippen MR) is 83.2 cm³/mol. The fourth-order valence-corrected chi connectivity index (χ4v) is 3.25. The first-order valence-corrected chi connectivity index (χ1v) is 7.69. The summed E-state index contributed by atoms with van der Waals surface area (Å²) in [4.78, 5) is 15.4. The van der Waals surface area contributed by atoms with E-state index in [-0.39, 0.29) is 17.9 Å². The molecule has 1 aliphatic rings. The standard InChI is InChI=1S/C17H22N2O2/c20-12-17(8-4-1-5-9-17)11-18-16(21)15-10-13-6-2-3-7-14(13)19-15/h2-3,6-7,10,19-20H,1,4-5,8-9,11-12H2,(H,18,21). The van der Waals surface area contributed by atoms with Crippen LogP contribution in [0.4, 0.5) is 0 Å². The smallest absolute Gasteiger partial charge is 0.267 e. The molecule has 1 fully saturated rings. The summed E-state index contributed by atoms with van der Waals surface area (Å²) in [7, 11) is 0. The van der Waals surface area contributed by atoms with Gasteiger partial charge in [0.2, 0.25) is 0 Å². The van der Waals surface area contributed by atoms with Gasteiger partial charge in [0, 0.05) is 22.9 Å². The molecule has 4 heteroatoms. The van der Waals surface area contributed by atoms with Crippen molar-refractivity contribution in [3.05, 3.63) is 36.0 Å². The van der Waals surface area contributed by atoms with Crippen molar-refractivity contribution in [1.82, 2.24) is 10.3 Å². The number of carbonyl (C=O) groups is 1. The maximum atomic E-state index is 12.3. The zero-order valence-corrected chi connectivity index (χ0v) is 12.2. The molecule has 0 atom stereocenters. The Morgan fingerprint density at radius 1 is 1.24 bits per heavy atom. The summed E-state index contributed by atoms with van der Waals surface area (Å²) in [5.74, 6) is -0.0930. The molecule has 4 nitrogen and oxygen atoms in total. The Bertz CT molecular complexity index is 594. The minimum absolute atomic E-state index is 0.0930. The number of rotatable bonds is 4.